The van der Waals surface area contributed by atoms with E-state index >= 15 is 0 Å². The van der Waals surface area contributed by atoms with E-state index in [2.05, 4.69) is 10.6 Å². The molecule has 0 aliphatic heterocycles. The molecular weight excluding hydrogens is 458 g/mol. The van der Waals surface area contributed by atoms with Crippen molar-refractivity contribution in [3.63, 3.8) is 0 Å². The summed E-state index contributed by atoms with van der Waals surface area (Å²) in [5, 5.41) is 33.3. The van der Waals surface area contributed by atoms with E-state index in [4.69, 9.17) is 26.8 Å². The van der Waals surface area contributed by atoms with E-state index in [1.54, 1.807) is 13.8 Å². The van der Waals surface area contributed by atoms with Gasteiger partial charge in [0.25, 0.3) is 0 Å². The zero-order valence-electron chi connectivity index (χ0n) is 18.8. The fourth-order valence-corrected chi connectivity index (χ4v) is 2.67. The molecule has 15 heteroatoms. The van der Waals surface area contributed by atoms with Gasteiger partial charge in [-0.15, -0.1) is 0 Å². The zero-order valence-corrected chi connectivity index (χ0v) is 18.8. The molecule has 15 nitrogen and oxygen atoms in total. The summed E-state index contributed by atoms with van der Waals surface area (Å²) in [5.41, 5.74) is 10.7. The van der Waals surface area contributed by atoms with Crippen LogP contribution in [0.25, 0.3) is 0 Å². The SMILES string of the molecule is CC(C)C(NC(=O)C(N)CCC(=O)O)C(=O)NC(CCC(N)=O)C(=O)NC(CC(=O)O)C(=O)O. The number of primary amides is 1. The lowest BCUT2D eigenvalue weighted by Gasteiger charge is -2.26. The number of carboxylic acid groups (broad SMARTS) is 3. The van der Waals surface area contributed by atoms with E-state index < -0.39 is 78.0 Å². The van der Waals surface area contributed by atoms with Crippen LogP contribution in [0.15, 0.2) is 0 Å². The smallest absolute Gasteiger partial charge is 0.326 e. The quantitative estimate of drug-likeness (QED) is 0.109. The monoisotopic (exact) mass is 489 g/mol. The van der Waals surface area contributed by atoms with E-state index in [0.29, 0.717) is 0 Å². The fraction of sp³-hybridized carbons (Fsp3) is 0.632. The first-order valence-corrected chi connectivity index (χ1v) is 10.3. The maximum Gasteiger partial charge on any atom is 0.326 e. The van der Waals surface area contributed by atoms with Crippen LogP contribution >= 0.6 is 0 Å². The van der Waals surface area contributed by atoms with Gasteiger partial charge in [0.05, 0.1) is 12.5 Å². The summed E-state index contributed by atoms with van der Waals surface area (Å²) in [7, 11) is 0. The predicted molar refractivity (Wildman–Crippen MR) is 114 cm³/mol. The van der Waals surface area contributed by atoms with Gasteiger partial charge in [-0.3, -0.25) is 28.8 Å². The summed E-state index contributed by atoms with van der Waals surface area (Å²) in [6, 6.07) is -5.71. The van der Waals surface area contributed by atoms with Crippen molar-refractivity contribution in [2.24, 2.45) is 17.4 Å². The zero-order chi connectivity index (χ0) is 26.6. The van der Waals surface area contributed by atoms with Crippen molar-refractivity contribution in [3.8, 4) is 0 Å². The van der Waals surface area contributed by atoms with Crippen LogP contribution in [0.5, 0.6) is 0 Å². The molecule has 0 radical (unpaired) electrons. The number of aliphatic carboxylic acids is 3. The first kappa shape index (κ1) is 30.2. The van der Waals surface area contributed by atoms with E-state index in [9.17, 15) is 33.6 Å². The molecule has 0 aliphatic carbocycles. The number of rotatable bonds is 16. The molecule has 0 aromatic heterocycles. The predicted octanol–water partition coefficient (Wildman–Crippen LogP) is -2.89. The van der Waals surface area contributed by atoms with Crippen molar-refractivity contribution in [2.75, 3.05) is 0 Å². The topological polar surface area (TPSA) is 268 Å². The molecule has 4 unspecified atom stereocenters. The molecule has 0 bridgehead atoms. The highest BCUT2D eigenvalue weighted by Crippen LogP contribution is 2.07. The van der Waals surface area contributed by atoms with Gasteiger partial charge in [0, 0.05) is 12.8 Å². The fourth-order valence-electron chi connectivity index (χ4n) is 2.67. The normalized spacial score (nSPS) is 14.2. The van der Waals surface area contributed by atoms with Gasteiger partial charge in [-0.1, -0.05) is 13.8 Å². The molecule has 0 spiro atoms. The van der Waals surface area contributed by atoms with Crippen LogP contribution in [-0.2, 0) is 33.6 Å². The Labute approximate surface area is 194 Å². The highest BCUT2D eigenvalue weighted by atomic mass is 16.4. The second kappa shape index (κ2) is 14.4. The van der Waals surface area contributed by atoms with Crippen molar-refractivity contribution in [2.45, 2.75) is 70.1 Å². The van der Waals surface area contributed by atoms with Crippen LogP contribution in [0.4, 0.5) is 0 Å². The van der Waals surface area contributed by atoms with Crippen LogP contribution in [0, 0.1) is 5.92 Å². The Bertz CT molecular complexity index is 800. The lowest BCUT2D eigenvalue weighted by atomic mass is 10.0. The molecule has 192 valence electrons. The summed E-state index contributed by atoms with van der Waals surface area (Å²) in [6.45, 7) is 3.14. The number of hydrogen-bond donors (Lipinski definition) is 8. The number of nitrogens with two attached hydrogens (primary N) is 2. The van der Waals surface area contributed by atoms with Crippen molar-refractivity contribution in [1.29, 1.82) is 0 Å². The Balaban J connectivity index is 5.49. The molecule has 0 aliphatic rings. The minimum absolute atomic E-state index is 0.183. The first-order chi connectivity index (χ1) is 15.6. The molecule has 0 saturated heterocycles. The van der Waals surface area contributed by atoms with Crippen LogP contribution in [-0.4, -0.2) is 81.0 Å². The summed E-state index contributed by atoms with van der Waals surface area (Å²) >= 11 is 0. The molecule has 4 atom stereocenters. The number of carbonyl (C=O) groups excluding carboxylic acids is 4. The number of nitrogens with one attached hydrogen (secondary N) is 3. The van der Waals surface area contributed by atoms with Gasteiger partial charge in [0.1, 0.15) is 18.1 Å². The average molecular weight is 489 g/mol. The van der Waals surface area contributed by atoms with Gasteiger partial charge in [-0.2, -0.15) is 0 Å². The third kappa shape index (κ3) is 11.8. The number of hydrogen-bond acceptors (Lipinski definition) is 8. The van der Waals surface area contributed by atoms with Crippen LogP contribution in [0.2, 0.25) is 0 Å². The highest BCUT2D eigenvalue weighted by Gasteiger charge is 2.32. The number of carbonyl (C=O) groups is 7. The van der Waals surface area contributed by atoms with E-state index in [1.165, 1.54) is 0 Å². The lowest BCUT2D eigenvalue weighted by molar-refractivity contribution is -0.147. The average Bonchev–Trinajstić information content (AvgIpc) is 2.71. The molecule has 0 rings (SSSR count). The largest absolute Gasteiger partial charge is 0.481 e. The van der Waals surface area contributed by atoms with Crippen LogP contribution in [0.3, 0.4) is 0 Å². The van der Waals surface area contributed by atoms with Crippen molar-refractivity contribution in [1.82, 2.24) is 16.0 Å². The molecule has 34 heavy (non-hydrogen) atoms. The van der Waals surface area contributed by atoms with Crippen molar-refractivity contribution in [3.05, 3.63) is 0 Å². The maximum absolute atomic E-state index is 12.8. The molecule has 0 fully saturated rings. The molecule has 0 heterocycles. The molecule has 4 amide bonds. The Hall–Kier alpha value is -3.75. The Morgan fingerprint density at radius 2 is 1.29 bits per heavy atom. The Kier molecular flexibility index (Phi) is 12.8. The molecule has 0 aromatic rings. The molecule has 10 N–H and O–H groups in total. The minimum Gasteiger partial charge on any atom is -0.481 e. The summed E-state index contributed by atoms with van der Waals surface area (Å²) in [5.74, 6) is -8.36. The second-order valence-electron chi connectivity index (χ2n) is 7.83. The van der Waals surface area contributed by atoms with E-state index in [0.717, 1.165) is 0 Å². The van der Waals surface area contributed by atoms with Crippen LogP contribution in [0.1, 0.15) is 46.0 Å². The van der Waals surface area contributed by atoms with Gasteiger partial charge >= 0.3 is 17.9 Å². The molecular formula is C19H31N5O10. The third-order valence-electron chi connectivity index (χ3n) is 4.56. The number of amides is 4. The lowest BCUT2D eigenvalue weighted by Crippen LogP contribution is -2.58. The van der Waals surface area contributed by atoms with Crippen LogP contribution < -0.4 is 27.4 Å². The number of carboxylic acids is 3. The maximum atomic E-state index is 12.8. The first-order valence-electron chi connectivity index (χ1n) is 10.3. The molecule has 0 saturated carbocycles. The van der Waals surface area contributed by atoms with E-state index in [-0.39, 0.29) is 25.7 Å². The van der Waals surface area contributed by atoms with Crippen molar-refractivity contribution < 1.29 is 48.9 Å². The van der Waals surface area contributed by atoms with E-state index in [1.807, 2.05) is 5.32 Å². The minimum atomic E-state index is -1.80. The molecule has 0 aromatic carbocycles. The van der Waals surface area contributed by atoms with Gasteiger partial charge in [-0.25, -0.2) is 4.79 Å². The van der Waals surface area contributed by atoms with Gasteiger partial charge in [-0.05, 0) is 18.8 Å². The van der Waals surface area contributed by atoms with Gasteiger partial charge in [0.15, 0.2) is 0 Å². The van der Waals surface area contributed by atoms with Gasteiger partial charge in [0.2, 0.25) is 23.6 Å². The summed E-state index contributed by atoms with van der Waals surface area (Å²) < 4.78 is 0. The summed E-state index contributed by atoms with van der Waals surface area (Å²) in [6.07, 6.45) is -2.19. The Morgan fingerprint density at radius 3 is 1.74 bits per heavy atom. The standard InChI is InChI=1S/C19H31N5O10/c1-8(2)15(24-16(30)9(20)3-6-13(26)27)18(32)22-10(4-5-12(21)25)17(31)23-11(19(33)34)7-14(28)29/h8-11,15H,3-7,20H2,1-2H3,(H2,21,25)(H,22,32)(H,23,31)(H,24,30)(H,26,27)(H,28,29)(H,33,34). The second-order valence-corrected chi connectivity index (χ2v) is 7.83. The highest BCUT2D eigenvalue weighted by molar-refractivity contribution is 5.95. The third-order valence-corrected chi connectivity index (χ3v) is 4.56. The summed E-state index contributed by atoms with van der Waals surface area (Å²) in [4.78, 5) is 81.5. The van der Waals surface area contributed by atoms with Gasteiger partial charge < -0.3 is 42.7 Å². The Morgan fingerprint density at radius 1 is 0.735 bits per heavy atom. The van der Waals surface area contributed by atoms with Crippen molar-refractivity contribution >= 4 is 41.5 Å².